The predicted molar refractivity (Wildman–Crippen MR) is 91.5 cm³/mol. The number of thiophene rings is 1. The van der Waals surface area contributed by atoms with E-state index in [-0.39, 0.29) is 10.6 Å². The summed E-state index contributed by atoms with van der Waals surface area (Å²) in [6.45, 7) is 0. The van der Waals surface area contributed by atoms with Crippen molar-refractivity contribution in [1.82, 2.24) is 0 Å². The molecule has 0 aliphatic carbocycles. The molecule has 7 heteroatoms. The molecular formula is C16H13NO4S2. The first-order valence-electron chi connectivity index (χ1n) is 6.74. The van der Waals surface area contributed by atoms with Crippen molar-refractivity contribution in [2.75, 3.05) is 4.72 Å². The van der Waals surface area contributed by atoms with Crippen molar-refractivity contribution in [3.8, 4) is 0 Å². The maximum absolute atomic E-state index is 12.2. The lowest BCUT2D eigenvalue weighted by Crippen LogP contribution is -2.14. The number of aromatic carboxylic acids is 1. The van der Waals surface area contributed by atoms with Crippen LogP contribution in [0, 0.1) is 0 Å². The molecule has 1 heterocycles. The quantitative estimate of drug-likeness (QED) is 0.739. The molecule has 0 bridgehead atoms. The Morgan fingerprint density at radius 1 is 1.09 bits per heavy atom. The number of rotatable bonds is 5. The van der Waals surface area contributed by atoms with E-state index < -0.39 is 16.0 Å². The lowest BCUT2D eigenvalue weighted by Gasteiger charge is -2.08. The van der Waals surface area contributed by atoms with Crippen LogP contribution in [0.25, 0.3) is 10.1 Å². The van der Waals surface area contributed by atoms with Gasteiger partial charge in [-0.15, -0.1) is 11.3 Å². The van der Waals surface area contributed by atoms with Crippen molar-refractivity contribution >= 4 is 43.1 Å². The maximum Gasteiger partial charge on any atom is 0.345 e. The summed E-state index contributed by atoms with van der Waals surface area (Å²) in [6.07, 6.45) is 0. The van der Waals surface area contributed by atoms with Crippen molar-refractivity contribution in [2.45, 2.75) is 5.75 Å². The van der Waals surface area contributed by atoms with E-state index in [9.17, 15) is 13.2 Å². The Morgan fingerprint density at radius 2 is 1.83 bits per heavy atom. The number of sulfonamides is 1. The molecular weight excluding hydrogens is 334 g/mol. The monoisotopic (exact) mass is 347 g/mol. The Hall–Kier alpha value is -2.38. The SMILES string of the molecule is O=C(O)c1cc2cc(NS(=O)(=O)Cc3ccccc3)ccc2s1. The number of hydrogen-bond donors (Lipinski definition) is 2. The molecule has 0 saturated heterocycles. The molecule has 0 aliphatic heterocycles. The molecule has 0 atom stereocenters. The van der Waals surface area contributed by atoms with Crippen molar-refractivity contribution < 1.29 is 18.3 Å². The topological polar surface area (TPSA) is 83.5 Å². The summed E-state index contributed by atoms with van der Waals surface area (Å²) in [5.74, 6) is -1.10. The first-order valence-corrected chi connectivity index (χ1v) is 9.21. The Balaban J connectivity index is 1.84. The number of hydrogen-bond acceptors (Lipinski definition) is 4. The zero-order chi connectivity index (χ0) is 16.4. The number of fused-ring (bicyclic) bond motifs is 1. The molecule has 0 aliphatic rings. The van der Waals surface area contributed by atoms with Crippen molar-refractivity contribution in [1.29, 1.82) is 0 Å². The third-order valence-electron chi connectivity index (χ3n) is 3.20. The van der Waals surface area contributed by atoms with Gasteiger partial charge < -0.3 is 5.11 Å². The minimum Gasteiger partial charge on any atom is -0.477 e. The summed E-state index contributed by atoms with van der Waals surface area (Å²) in [5.41, 5.74) is 1.12. The van der Waals surface area contributed by atoms with Gasteiger partial charge in [0.25, 0.3) is 0 Å². The van der Waals surface area contributed by atoms with E-state index in [1.165, 1.54) is 6.07 Å². The van der Waals surface area contributed by atoms with E-state index in [0.29, 0.717) is 16.6 Å². The average Bonchev–Trinajstić information content (AvgIpc) is 2.90. The second kappa shape index (κ2) is 6.02. The summed E-state index contributed by atoms with van der Waals surface area (Å²) in [4.78, 5) is 11.2. The zero-order valence-corrected chi connectivity index (χ0v) is 13.5. The van der Waals surface area contributed by atoms with Crippen molar-refractivity contribution in [3.63, 3.8) is 0 Å². The van der Waals surface area contributed by atoms with Gasteiger partial charge in [-0.3, -0.25) is 4.72 Å². The summed E-state index contributed by atoms with van der Waals surface area (Å²) in [5, 5.41) is 9.71. The Morgan fingerprint density at radius 3 is 2.52 bits per heavy atom. The van der Waals surface area contributed by atoms with Gasteiger partial charge in [-0.1, -0.05) is 30.3 Å². The molecule has 0 amide bonds. The molecule has 0 spiro atoms. The van der Waals surface area contributed by atoms with Crippen LogP contribution >= 0.6 is 11.3 Å². The highest BCUT2D eigenvalue weighted by molar-refractivity contribution is 7.91. The van der Waals surface area contributed by atoms with Crippen molar-refractivity contribution in [2.24, 2.45) is 0 Å². The predicted octanol–water partition coefficient (Wildman–Crippen LogP) is 3.54. The van der Waals surface area contributed by atoms with Crippen LogP contribution in [0.4, 0.5) is 5.69 Å². The van der Waals surface area contributed by atoms with Gasteiger partial charge in [-0.2, -0.15) is 0 Å². The number of carbonyl (C=O) groups is 1. The van der Waals surface area contributed by atoms with Gasteiger partial charge in [0.2, 0.25) is 10.0 Å². The Bertz CT molecular complexity index is 962. The highest BCUT2D eigenvalue weighted by atomic mass is 32.2. The van der Waals surface area contributed by atoms with Gasteiger partial charge in [0.05, 0.1) is 5.75 Å². The van der Waals surface area contributed by atoms with E-state index in [1.807, 2.05) is 6.07 Å². The molecule has 118 valence electrons. The van der Waals surface area contributed by atoms with E-state index >= 15 is 0 Å². The van der Waals surface area contributed by atoms with Crippen LogP contribution < -0.4 is 4.72 Å². The summed E-state index contributed by atoms with van der Waals surface area (Å²) in [6, 6.07) is 15.4. The molecule has 1 aromatic heterocycles. The van der Waals surface area contributed by atoms with E-state index in [0.717, 1.165) is 16.0 Å². The number of nitrogens with one attached hydrogen (secondary N) is 1. The van der Waals surface area contributed by atoms with Gasteiger partial charge in [0.15, 0.2) is 0 Å². The number of anilines is 1. The molecule has 0 unspecified atom stereocenters. The molecule has 2 N–H and O–H groups in total. The first kappa shape index (κ1) is 15.5. The van der Waals surface area contributed by atoms with Gasteiger partial charge in [-0.25, -0.2) is 13.2 Å². The standard InChI is InChI=1S/C16H13NO4S2/c18-16(19)15-9-12-8-13(6-7-14(12)22-15)17-23(20,21)10-11-4-2-1-3-5-11/h1-9,17H,10H2,(H,18,19). The van der Waals surface area contributed by atoms with Crippen LogP contribution in [-0.2, 0) is 15.8 Å². The summed E-state index contributed by atoms with van der Waals surface area (Å²) >= 11 is 1.16. The third kappa shape index (κ3) is 3.69. The number of carboxylic acid groups (broad SMARTS) is 1. The summed E-state index contributed by atoms with van der Waals surface area (Å²) < 4.78 is 27.8. The van der Waals surface area contributed by atoms with Gasteiger partial charge in [-0.05, 0) is 35.2 Å². The van der Waals surface area contributed by atoms with E-state index in [2.05, 4.69) is 4.72 Å². The highest BCUT2D eigenvalue weighted by Crippen LogP contribution is 2.28. The molecule has 0 saturated carbocycles. The molecule has 0 fully saturated rings. The molecule has 23 heavy (non-hydrogen) atoms. The first-order chi connectivity index (χ1) is 10.9. The van der Waals surface area contributed by atoms with Gasteiger partial charge >= 0.3 is 5.97 Å². The number of benzene rings is 2. The van der Waals surface area contributed by atoms with Crippen LogP contribution in [0.1, 0.15) is 15.2 Å². The molecule has 0 radical (unpaired) electrons. The van der Waals surface area contributed by atoms with Crippen molar-refractivity contribution in [3.05, 3.63) is 65.0 Å². The highest BCUT2D eigenvalue weighted by Gasteiger charge is 2.13. The van der Waals surface area contributed by atoms with Crippen LogP contribution in [0.3, 0.4) is 0 Å². The second-order valence-electron chi connectivity index (χ2n) is 5.02. The third-order valence-corrected chi connectivity index (χ3v) is 5.56. The number of carboxylic acids is 1. The lowest BCUT2D eigenvalue weighted by atomic mass is 10.2. The molecule has 3 aromatic rings. The zero-order valence-electron chi connectivity index (χ0n) is 11.9. The maximum atomic E-state index is 12.2. The second-order valence-corrected chi connectivity index (χ2v) is 7.82. The average molecular weight is 347 g/mol. The Kier molecular flexibility index (Phi) is 4.06. The van der Waals surface area contributed by atoms with Crippen LogP contribution in [0.2, 0.25) is 0 Å². The smallest absolute Gasteiger partial charge is 0.345 e. The lowest BCUT2D eigenvalue weighted by molar-refractivity contribution is 0.0702. The largest absolute Gasteiger partial charge is 0.477 e. The van der Waals surface area contributed by atoms with Crippen LogP contribution in [-0.4, -0.2) is 19.5 Å². The fraction of sp³-hybridized carbons (Fsp3) is 0.0625. The normalized spacial score (nSPS) is 11.5. The summed E-state index contributed by atoms with van der Waals surface area (Å²) in [7, 11) is -3.53. The molecule has 2 aromatic carbocycles. The molecule has 5 nitrogen and oxygen atoms in total. The van der Waals surface area contributed by atoms with E-state index in [1.54, 1.807) is 42.5 Å². The Labute approximate surface area is 137 Å². The van der Waals surface area contributed by atoms with Crippen LogP contribution in [0.15, 0.2) is 54.6 Å². The van der Waals surface area contributed by atoms with E-state index in [4.69, 9.17) is 5.11 Å². The van der Waals surface area contributed by atoms with Crippen LogP contribution in [0.5, 0.6) is 0 Å². The minimum absolute atomic E-state index is 0.115. The minimum atomic E-state index is -3.53. The van der Waals surface area contributed by atoms with Gasteiger partial charge in [0.1, 0.15) is 4.88 Å². The van der Waals surface area contributed by atoms with Gasteiger partial charge in [0, 0.05) is 10.4 Å². The molecule has 3 rings (SSSR count). The fourth-order valence-corrected chi connectivity index (χ4v) is 4.29. The fourth-order valence-electron chi connectivity index (χ4n) is 2.22.